The van der Waals surface area contributed by atoms with Gasteiger partial charge in [0.2, 0.25) is 0 Å². The van der Waals surface area contributed by atoms with Crippen LogP contribution >= 0.6 is 0 Å². The zero-order valence-corrected chi connectivity index (χ0v) is 15.8. The van der Waals surface area contributed by atoms with E-state index in [0.717, 1.165) is 56.5 Å². The zero-order valence-electron chi connectivity index (χ0n) is 15.8. The van der Waals surface area contributed by atoms with Crippen molar-refractivity contribution in [2.75, 3.05) is 26.7 Å². The molecule has 0 bridgehead atoms. The molecule has 1 heterocycles. The lowest BCUT2D eigenvalue weighted by Crippen LogP contribution is -2.45. The molecule has 0 aromatic heterocycles. The van der Waals surface area contributed by atoms with Crippen LogP contribution in [0.15, 0.2) is 29.3 Å². The van der Waals surface area contributed by atoms with E-state index in [9.17, 15) is 4.79 Å². The van der Waals surface area contributed by atoms with Gasteiger partial charge in [-0.15, -0.1) is 0 Å². The largest absolute Gasteiger partial charge is 0.352 e. The smallest absolute Gasteiger partial charge is 0.251 e. The normalized spacial score (nSPS) is 18.1. The predicted octanol–water partition coefficient (Wildman–Crippen LogP) is 3.02. The molecule has 1 fully saturated rings. The molecule has 5 heteroatoms. The molecule has 0 spiro atoms. The first kappa shape index (κ1) is 19.3. The minimum Gasteiger partial charge on any atom is -0.352 e. The highest BCUT2D eigenvalue weighted by Gasteiger charge is 2.18. The standard InChI is InChI=1S/C20H32N4O/c1-4-5-12-22-19(25)18-10-8-17(9-11-18)14-23-20(21-3)24-13-6-7-16(2)15-24/h8-11,16H,4-7,12-15H2,1-3H3,(H,21,23)(H,22,25). The second kappa shape index (κ2) is 10.1. The minimum absolute atomic E-state index is 0.00562. The van der Waals surface area contributed by atoms with Crippen LogP contribution in [0.5, 0.6) is 0 Å². The number of aliphatic imine (C=N–C) groups is 1. The zero-order chi connectivity index (χ0) is 18.1. The van der Waals surface area contributed by atoms with Gasteiger partial charge in [-0.3, -0.25) is 9.79 Å². The average Bonchev–Trinajstić information content (AvgIpc) is 2.63. The van der Waals surface area contributed by atoms with E-state index in [1.54, 1.807) is 0 Å². The lowest BCUT2D eigenvalue weighted by Gasteiger charge is -2.33. The fourth-order valence-electron chi connectivity index (χ4n) is 3.15. The van der Waals surface area contributed by atoms with Crippen molar-refractivity contribution < 1.29 is 4.79 Å². The lowest BCUT2D eigenvalue weighted by atomic mass is 10.0. The molecular formula is C20H32N4O. The summed E-state index contributed by atoms with van der Waals surface area (Å²) in [5.41, 5.74) is 1.87. The second-order valence-corrected chi connectivity index (χ2v) is 6.90. The molecule has 1 aromatic rings. The predicted molar refractivity (Wildman–Crippen MR) is 104 cm³/mol. The first-order valence-electron chi connectivity index (χ1n) is 9.46. The van der Waals surface area contributed by atoms with Gasteiger partial charge in [-0.25, -0.2) is 0 Å². The summed E-state index contributed by atoms with van der Waals surface area (Å²) in [6, 6.07) is 7.80. The third kappa shape index (κ3) is 6.07. The topological polar surface area (TPSA) is 56.7 Å². The van der Waals surface area contributed by atoms with Crippen molar-refractivity contribution in [1.29, 1.82) is 0 Å². The van der Waals surface area contributed by atoms with Crippen LogP contribution in [0.25, 0.3) is 0 Å². The Bertz CT molecular complexity index is 568. The van der Waals surface area contributed by atoms with Gasteiger partial charge in [0.25, 0.3) is 5.91 Å². The summed E-state index contributed by atoms with van der Waals surface area (Å²) in [6.07, 6.45) is 4.63. The molecule has 1 aliphatic heterocycles. The van der Waals surface area contributed by atoms with E-state index < -0.39 is 0 Å². The summed E-state index contributed by atoms with van der Waals surface area (Å²) in [5.74, 6) is 1.69. The van der Waals surface area contributed by atoms with Crippen LogP contribution < -0.4 is 10.6 Å². The summed E-state index contributed by atoms with van der Waals surface area (Å²) in [6.45, 7) is 8.01. The number of hydrogen-bond acceptors (Lipinski definition) is 2. The van der Waals surface area contributed by atoms with Crippen LogP contribution in [0, 0.1) is 5.92 Å². The molecule has 2 rings (SSSR count). The van der Waals surface area contributed by atoms with Crippen molar-refractivity contribution in [2.24, 2.45) is 10.9 Å². The quantitative estimate of drug-likeness (QED) is 0.474. The van der Waals surface area contributed by atoms with Gasteiger partial charge in [0.05, 0.1) is 0 Å². The average molecular weight is 345 g/mol. The van der Waals surface area contributed by atoms with E-state index in [0.29, 0.717) is 5.56 Å². The number of amides is 1. The van der Waals surface area contributed by atoms with Crippen molar-refractivity contribution in [3.63, 3.8) is 0 Å². The molecule has 1 unspecified atom stereocenters. The molecule has 5 nitrogen and oxygen atoms in total. The third-order valence-electron chi connectivity index (χ3n) is 4.65. The number of benzene rings is 1. The number of unbranched alkanes of at least 4 members (excludes halogenated alkanes) is 1. The van der Waals surface area contributed by atoms with E-state index in [-0.39, 0.29) is 5.91 Å². The number of carbonyl (C=O) groups is 1. The van der Waals surface area contributed by atoms with Crippen LogP contribution in [-0.4, -0.2) is 43.4 Å². The second-order valence-electron chi connectivity index (χ2n) is 6.90. The molecule has 1 atom stereocenters. The maximum Gasteiger partial charge on any atom is 0.251 e. The molecule has 1 saturated heterocycles. The van der Waals surface area contributed by atoms with Gasteiger partial charge < -0.3 is 15.5 Å². The molecule has 0 saturated carbocycles. The Labute approximate surface area is 151 Å². The minimum atomic E-state index is 0.00562. The molecule has 0 radical (unpaired) electrons. The molecule has 1 aromatic carbocycles. The van der Waals surface area contributed by atoms with Crippen molar-refractivity contribution in [2.45, 2.75) is 46.1 Å². The van der Waals surface area contributed by atoms with E-state index in [4.69, 9.17) is 0 Å². The van der Waals surface area contributed by atoms with Gasteiger partial charge in [-0.05, 0) is 42.9 Å². The first-order chi connectivity index (χ1) is 12.1. The Balaban J connectivity index is 1.85. The van der Waals surface area contributed by atoms with Gasteiger partial charge in [0.1, 0.15) is 0 Å². The van der Waals surface area contributed by atoms with Crippen LogP contribution in [0.3, 0.4) is 0 Å². The van der Waals surface area contributed by atoms with Gasteiger partial charge in [0, 0.05) is 38.8 Å². The monoisotopic (exact) mass is 344 g/mol. The number of hydrogen-bond donors (Lipinski definition) is 2. The fraction of sp³-hybridized carbons (Fsp3) is 0.600. The number of rotatable bonds is 6. The number of likely N-dealkylation sites (tertiary alicyclic amines) is 1. The highest BCUT2D eigenvalue weighted by Crippen LogP contribution is 2.15. The maximum atomic E-state index is 12.0. The van der Waals surface area contributed by atoms with E-state index in [1.165, 1.54) is 12.8 Å². The van der Waals surface area contributed by atoms with E-state index in [2.05, 4.69) is 34.4 Å². The Morgan fingerprint density at radius 3 is 2.68 bits per heavy atom. The highest BCUT2D eigenvalue weighted by molar-refractivity contribution is 5.94. The van der Waals surface area contributed by atoms with Gasteiger partial charge >= 0.3 is 0 Å². The molecule has 138 valence electrons. The highest BCUT2D eigenvalue weighted by atomic mass is 16.1. The number of piperidine rings is 1. The summed E-state index contributed by atoms with van der Waals surface area (Å²) in [7, 11) is 1.84. The van der Waals surface area contributed by atoms with E-state index in [1.807, 2.05) is 31.3 Å². The molecular weight excluding hydrogens is 312 g/mol. The maximum absolute atomic E-state index is 12.0. The third-order valence-corrected chi connectivity index (χ3v) is 4.65. The number of guanidine groups is 1. The van der Waals surface area contributed by atoms with Crippen molar-refractivity contribution in [3.05, 3.63) is 35.4 Å². The summed E-state index contributed by atoms with van der Waals surface area (Å²) >= 11 is 0. The summed E-state index contributed by atoms with van der Waals surface area (Å²) in [5, 5.41) is 6.39. The Morgan fingerprint density at radius 2 is 2.04 bits per heavy atom. The van der Waals surface area contributed by atoms with E-state index >= 15 is 0 Å². The van der Waals surface area contributed by atoms with Gasteiger partial charge in [0.15, 0.2) is 5.96 Å². The molecule has 1 aliphatic rings. The SMILES string of the molecule is CCCCNC(=O)c1ccc(CNC(=NC)N2CCCC(C)C2)cc1. The Hall–Kier alpha value is -2.04. The van der Waals surface area contributed by atoms with Crippen molar-refractivity contribution in [1.82, 2.24) is 15.5 Å². The summed E-state index contributed by atoms with van der Waals surface area (Å²) in [4.78, 5) is 18.8. The Kier molecular flexibility index (Phi) is 7.76. The first-order valence-corrected chi connectivity index (χ1v) is 9.46. The number of nitrogens with zero attached hydrogens (tertiary/aromatic N) is 2. The molecule has 2 N–H and O–H groups in total. The number of carbonyl (C=O) groups excluding carboxylic acids is 1. The summed E-state index contributed by atoms with van der Waals surface area (Å²) < 4.78 is 0. The molecule has 25 heavy (non-hydrogen) atoms. The molecule has 0 aliphatic carbocycles. The van der Waals surface area contributed by atoms with Crippen LogP contribution in [-0.2, 0) is 6.54 Å². The van der Waals surface area contributed by atoms with Gasteiger partial charge in [-0.1, -0.05) is 32.4 Å². The number of nitrogens with one attached hydrogen (secondary N) is 2. The lowest BCUT2D eigenvalue weighted by molar-refractivity contribution is 0.0953. The van der Waals surface area contributed by atoms with Crippen molar-refractivity contribution in [3.8, 4) is 0 Å². The van der Waals surface area contributed by atoms with Crippen LogP contribution in [0.2, 0.25) is 0 Å². The Morgan fingerprint density at radius 1 is 1.28 bits per heavy atom. The fourth-order valence-corrected chi connectivity index (χ4v) is 3.15. The van der Waals surface area contributed by atoms with Crippen LogP contribution in [0.1, 0.15) is 55.5 Å². The van der Waals surface area contributed by atoms with Gasteiger partial charge in [-0.2, -0.15) is 0 Å². The van der Waals surface area contributed by atoms with Crippen LogP contribution in [0.4, 0.5) is 0 Å². The van der Waals surface area contributed by atoms with Crippen molar-refractivity contribution >= 4 is 11.9 Å². The molecule has 1 amide bonds.